The summed E-state index contributed by atoms with van der Waals surface area (Å²) in [6.07, 6.45) is -0.349. The topological polar surface area (TPSA) is 41.5 Å². The van der Waals surface area contributed by atoms with Crippen molar-refractivity contribution in [2.75, 3.05) is 13.7 Å². The monoisotopic (exact) mass is 251 g/mol. The molecule has 0 aromatic heterocycles. The first-order chi connectivity index (χ1) is 8.34. The van der Waals surface area contributed by atoms with Gasteiger partial charge in [-0.2, -0.15) is 0 Å². The van der Waals surface area contributed by atoms with Gasteiger partial charge in [0.25, 0.3) is 0 Å². The van der Waals surface area contributed by atoms with E-state index in [1.807, 2.05) is 45.0 Å². The van der Waals surface area contributed by atoms with E-state index in [-0.39, 0.29) is 17.6 Å². The van der Waals surface area contributed by atoms with E-state index < -0.39 is 0 Å². The number of methoxy groups -OCH3 is 1. The lowest BCUT2D eigenvalue weighted by Crippen LogP contribution is -2.37. The first-order valence-corrected chi connectivity index (χ1v) is 6.40. The van der Waals surface area contributed by atoms with Crippen molar-refractivity contribution >= 4 is 0 Å². The fourth-order valence-electron chi connectivity index (χ4n) is 1.61. The van der Waals surface area contributed by atoms with E-state index in [1.54, 1.807) is 7.11 Å². The molecule has 0 bridgehead atoms. The zero-order chi connectivity index (χ0) is 13.8. The van der Waals surface area contributed by atoms with Crippen LogP contribution >= 0.6 is 0 Å². The molecule has 102 valence electrons. The van der Waals surface area contributed by atoms with E-state index in [0.29, 0.717) is 6.54 Å². The smallest absolute Gasteiger partial charge is 0.118 e. The molecule has 0 radical (unpaired) electrons. The van der Waals surface area contributed by atoms with Gasteiger partial charge in [-0.3, -0.25) is 0 Å². The quantitative estimate of drug-likeness (QED) is 0.845. The second-order valence-corrected chi connectivity index (χ2v) is 5.78. The van der Waals surface area contributed by atoms with Crippen LogP contribution in [-0.2, 0) is 0 Å². The lowest BCUT2D eigenvalue weighted by molar-refractivity contribution is 0.0609. The third kappa shape index (κ3) is 4.31. The largest absolute Gasteiger partial charge is 0.497 e. The molecular weight excluding hydrogens is 226 g/mol. The van der Waals surface area contributed by atoms with Crippen LogP contribution < -0.4 is 10.1 Å². The molecular formula is C15H25NO2. The zero-order valence-electron chi connectivity index (χ0n) is 12.0. The van der Waals surface area contributed by atoms with Gasteiger partial charge in [-0.25, -0.2) is 0 Å². The highest BCUT2D eigenvalue weighted by Gasteiger charge is 2.22. The summed E-state index contributed by atoms with van der Waals surface area (Å²) in [5.74, 6) is 0.862. The van der Waals surface area contributed by atoms with Crippen molar-refractivity contribution in [2.45, 2.75) is 39.8 Å². The van der Waals surface area contributed by atoms with Crippen molar-refractivity contribution in [1.82, 2.24) is 5.32 Å². The van der Waals surface area contributed by atoms with Crippen molar-refractivity contribution in [1.29, 1.82) is 0 Å². The highest BCUT2D eigenvalue weighted by Crippen LogP contribution is 2.20. The van der Waals surface area contributed by atoms with Gasteiger partial charge < -0.3 is 15.2 Å². The molecule has 0 saturated heterocycles. The van der Waals surface area contributed by atoms with Gasteiger partial charge in [0.15, 0.2) is 0 Å². The minimum Gasteiger partial charge on any atom is -0.497 e. The number of aliphatic hydroxyl groups excluding tert-OH is 1. The molecule has 0 saturated carbocycles. The van der Waals surface area contributed by atoms with Crippen molar-refractivity contribution in [3.05, 3.63) is 29.8 Å². The second-order valence-electron chi connectivity index (χ2n) is 5.78. The van der Waals surface area contributed by atoms with Gasteiger partial charge in [0.2, 0.25) is 0 Å². The number of nitrogens with one attached hydrogen (secondary N) is 1. The molecule has 0 aliphatic heterocycles. The third-order valence-electron chi connectivity index (χ3n) is 3.23. The summed E-state index contributed by atoms with van der Waals surface area (Å²) in [5.41, 5.74) is 1.10. The number of aliphatic hydroxyl groups is 1. The van der Waals surface area contributed by atoms with Crippen LogP contribution in [0.5, 0.6) is 5.75 Å². The van der Waals surface area contributed by atoms with E-state index in [0.717, 1.165) is 5.75 Å². The summed E-state index contributed by atoms with van der Waals surface area (Å²) in [7, 11) is 1.66. The van der Waals surface area contributed by atoms with Crippen LogP contribution in [0.1, 0.15) is 39.3 Å². The number of ether oxygens (including phenoxy) is 1. The fourth-order valence-corrected chi connectivity index (χ4v) is 1.61. The Bertz CT molecular complexity index is 354. The maximum absolute atomic E-state index is 9.98. The molecule has 0 aliphatic carbocycles. The Hall–Kier alpha value is -1.06. The van der Waals surface area contributed by atoms with Crippen LogP contribution in [0, 0.1) is 5.41 Å². The van der Waals surface area contributed by atoms with Crippen molar-refractivity contribution in [2.24, 2.45) is 5.41 Å². The van der Waals surface area contributed by atoms with Crippen molar-refractivity contribution in [3.63, 3.8) is 0 Å². The Labute approximate surface area is 110 Å². The van der Waals surface area contributed by atoms with Gasteiger partial charge in [-0.15, -0.1) is 0 Å². The first-order valence-electron chi connectivity index (χ1n) is 6.40. The maximum atomic E-state index is 9.98. The van der Waals surface area contributed by atoms with Gasteiger partial charge in [0.05, 0.1) is 13.2 Å². The summed E-state index contributed by atoms with van der Waals surface area (Å²) in [6.45, 7) is 8.81. The number of hydrogen-bond acceptors (Lipinski definition) is 3. The lowest BCUT2D eigenvalue weighted by Gasteiger charge is -2.27. The second kappa shape index (κ2) is 6.21. The first kappa shape index (κ1) is 15.0. The standard InChI is InChI=1S/C15H25NO2/c1-11(16-10-14(17)15(2,3)4)12-6-8-13(18-5)9-7-12/h6-9,11,14,16-17H,10H2,1-5H3. The summed E-state index contributed by atoms with van der Waals surface area (Å²) < 4.78 is 5.13. The number of benzene rings is 1. The van der Waals surface area contributed by atoms with E-state index in [4.69, 9.17) is 4.74 Å². The minimum absolute atomic E-state index is 0.0906. The lowest BCUT2D eigenvalue weighted by atomic mass is 9.89. The minimum atomic E-state index is -0.349. The number of hydrogen-bond donors (Lipinski definition) is 2. The average molecular weight is 251 g/mol. The molecule has 2 atom stereocenters. The predicted octanol–water partition coefficient (Wildman–Crippen LogP) is 2.75. The summed E-state index contributed by atoms with van der Waals surface area (Å²) >= 11 is 0. The van der Waals surface area contributed by atoms with Crippen LogP contribution in [0.4, 0.5) is 0 Å². The molecule has 0 spiro atoms. The Balaban J connectivity index is 2.52. The molecule has 1 rings (SSSR count). The van der Waals surface area contributed by atoms with Gasteiger partial charge in [0.1, 0.15) is 5.75 Å². The Morgan fingerprint density at radius 3 is 2.22 bits per heavy atom. The molecule has 0 fully saturated rings. The van der Waals surface area contributed by atoms with E-state index in [1.165, 1.54) is 5.56 Å². The molecule has 1 aromatic carbocycles. The molecule has 3 nitrogen and oxygen atoms in total. The van der Waals surface area contributed by atoms with E-state index >= 15 is 0 Å². The van der Waals surface area contributed by atoms with Crippen LogP contribution in [0.15, 0.2) is 24.3 Å². The highest BCUT2D eigenvalue weighted by atomic mass is 16.5. The Morgan fingerprint density at radius 2 is 1.78 bits per heavy atom. The van der Waals surface area contributed by atoms with Gasteiger partial charge in [-0.1, -0.05) is 32.9 Å². The third-order valence-corrected chi connectivity index (χ3v) is 3.23. The SMILES string of the molecule is COc1ccc(C(C)NCC(O)C(C)(C)C)cc1. The van der Waals surface area contributed by atoms with Crippen molar-refractivity contribution < 1.29 is 9.84 Å². The number of rotatable bonds is 5. The molecule has 2 N–H and O–H groups in total. The molecule has 1 aromatic rings. The molecule has 18 heavy (non-hydrogen) atoms. The average Bonchev–Trinajstić information content (AvgIpc) is 2.34. The molecule has 0 amide bonds. The van der Waals surface area contributed by atoms with E-state index in [9.17, 15) is 5.11 Å². The Kier molecular flexibility index (Phi) is 5.17. The summed E-state index contributed by atoms with van der Waals surface area (Å²) in [5, 5.41) is 13.3. The predicted molar refractivity (Wildman–Crippen MR) is 74.9 cm³/mol. The molecule has 0 aliphatic rings. The molecule has 3 heteroatoms. The summed E-state index contributed by atoms with van der Waals surface area (Å²) in [4.78, 5) is 0. The van der Waals surface area contributed by atoms with Crippen molar-refractivity contribution in [3.8, 4) is 5.75 Å². The zero-order valence-corrected chi connectivity index (χ0v) is 12.0. The maximum Gasteiger partial charge on any atom is 0.118 e. The highest BCUT2D eigenvalue weighted by molar-refractivity contribution is 5.28. The van der Waals surface area contributed by atoms with Crippen LogP contribution in [-0.4, -0.2) is 24.9 Å². The van der Waals surface area contributed by atoms with Gasteiger partial charge in [0, 0.05) is 12.6 Å². The molecule has 0 heterocycles. The normalized spacial score (nSPS) is 15.2. The van der Waals surface area contributed by atoms with Crippen LogP contribution in [0.3, 0.4) is 0 Å². The Morgan fingerprint density at radius 1 is 1.22 bits per heavy atom. The molecule has 2 unspecified atom stereocenters. The van der Waals surface area contributed by atoms with Gasteiger partial charge in [-0.05, 0) is 30.0 Å². The summed E-state index contributed by atoms with van der Waals surface area (Å²) in [6, 6.07) is 8.20. The fraction of sp³-hybridized carbons (Fsp3) is 0.600. The van der Waals surface area contributed by atoms with Crippen LogP contribution in [0.25, 0.3) is 0 Å². The van der Waals surface area contributed by atoms with Crippen LogP contribution in [0.2, 0.25) is 0 Å². The van der Waals surface area contributed by atoms with Gasteiger partial charge >= 0.3 is 0 Å². The van der Waals surface area contributed by atoms with E-state index in [2.05, 4.69) is 12.2 Å².